The molecule has 5 atom stereocenters. The molecule has 0 aromatic carbocycles. The van der Waals surface area contributed by atoms with Crippen LogP contribution in [0.15, 0.2) is 0 Å². The molecule has 3 aliphatic rings. The summed E-state index contributed by atoms with van der Waals surface area (Å²) in [4.78, 5) is 14.8. The Hall–Kier alpha value is -0.650. The highest BCUT2D eigenvalue weighted by molar-refractivity contribution is 5.87. The van der Waals surface area contributed by atoms with Gasteiger partial charge in [0.2, 0.25) is 0 Å². The molecule has 0 spiro atoms. The first kappa shape index (κ1) is 12.4. The van der Waals surface area contributed by atoms with Crippen LogP contribution in [-0.4, -0.2) is 60.4 Å². The van der Waals surface area contributed by atoms with E-state index in [1.54, 1.807) is 7.11 Å². The Kier molecular flexibility index (Phi) is 2.53. The molecule has 5 heteroatoms. The molecule has 5 unspecified atom stereocenters. The van der Waals surface area contributed by atoms with E-state index >= 15 is 0 Å². The summed E-state index contributed by atoms with van der Waals surface area (Å²) < 4.78 is 11.1. The molecule has 18 heavy (non-hydrogen) atoms. The maximum Gasteiger partial charge on any atom is 0.328 e. The number of hydrogen-bond donors (Lipinski definition) is 1. The minimum absolute atomic E-state index is 0.0757. The number of carbonyl (C=O) groups is 1. The third kappa shape index (κ3) is 1.54. The Balaban J connectivity index is 1.81. The summed E-state index contributed by atoms with van der Waals surface area (Å²) in [5.74, 6) is -0.0757. The van der Waals surface area contributed by atoms with E-state index in [-0.39, 0.29) is 12.1 Å². The van der Waals surface area contributed by atoms with Gasteiger partial charge in [-0.25, -0.2) is 4.79 Å². The summed E-state index contributed by atoms with van der Waals surface area (Å²) in [6.45, 7) is 7.54. The van der Waals surface area contributed by atoms with Gasteiger partial charge in [0.1, 0.15) is 11.1 Å². The van der Waals surface area contributed by atoms with Crippen LogP contribution in [0.1, 0.15) is 27.2 Å². The lowest BCUT2D eigenvalue weighted by Gasteiger charge is -2.28. The third-order valence-electron chi connectivity index (χ3n) is 4.33. The SMILES string of the molecule is COC1CC2(C(=O)OC(C)(C)C)C3CNCC1N32. The van der Waals surface area contributed by atoms with E-state index < -0.39 is 11.1 Å². The number of fused-ring (bicyclic) bond motifs is 1. The number of esters is 1. The lowest BCUT2D eigenvalue weighted by molar-refractivity contribution is -0.159. The van der Waals surface area contributed by atoms with Gasteiger partial charge >= 0.3 is 5.97 Å². The molecule has 0 aromatic heterocycles. The molecule has 0 aliphatic carbocycles. The van der Waals surface area contributed by atoms with Crippen LogP contribution in [0.4, 0.5) is 0 Å². The molecule has 0 bridgehead atoms. The second-order valence-corrected chi connectivity index (χ2v) is 6.55. The number of methoxy groups -OCH3 is 1. The number of ether oxygens (including phenoxy) is 2. The number of rotatable bonds is 2. The summed E-state index contributed by atoms with van der Waals surface area (Å²) in [6.07, 6.45) is 0.914. The number of hydrogen-bond acceptors (Lipinski definition) is 5. The molecule has 0 radical (unpaired) electrons. The number of carbonyl (C=O) groups excluding carboxylic acids is 1. The van der Waals surface area contributed by atoms with Crippen molar-refractivity contribution in [3.05, 3.63) is 0 Å². The van der Waals surface area contributed by atoms with Crippen LogP contribution in [0.2, 0.25) is 0 Å². The van der Waals surface area contributed by atoms with Crippen LogP contribution in [-0.2, 0) is 14.3 Å². The van der Waals surface area contributed by atoms with Crippen molar-refractivity contribution in [2.24, 2.45) is 0 Å². The van der Waals surface area contributed by atoms with Crippen molar-refractivity contribution < 1.29 is 14.3 Å². The normalized spacial score (nSPS) is 45.6. The number of piperidine rings is 1. The van der Waals surface area contributed by atoms with E-state index in [0.29, 0.717) is 12.1 Å². The standard InChI is InChI=1S/C13H22N2O3/c1-12(2,3)18-11(16)13-5-9(17-4)8-6-14-7-10(13)15(8)13/h8-10,14H,5-7H2,1-4H3. The van der Waals surface area contributed by atoms with Crippen molar-refractivity contribution in [3.8, 4) is 0 Å². The fraction of sp³-hybridized carbons (Fsp3) is 0.923. The molecule has 0 aromatic rings. The van der Waals surface area contributed by atoms with Gasteiger partial charge in [0.05, 0.1) is 12.1 Å². The fourth-order valence-corrected chi connectivity index (χ4v) is 3.60. The lowest BCUT2D eigenvalue weighted by Crippen LogP contribution is -2.48. The summed E-state index contributed by atoms with van der Waals surface area (Å²) in [5.41, 5.74) is -0.838. The molecule has 102 valence electrons. The van der Waals surface area contributed by atoms with Crippen molar-refractivity contribution in [3.63, 3.8) is 0 Å². The minimum Gasteiger partial charge on any atom is -0.459 e. The molecular formula is C13H22N2O3. The van der Waals surface area contributed by atoms with Gasteiger partial charge in [-0.2, -0.15) is 0 Å². The second-order valence-electron chi connectivity index (χ2n) is 6.55. The largest absolute Gasteiger partial charge is 0.459 e. The van der Waals surface area contributed by atoms with Crippen molar-refractivity contribution in [1.82, 2.24) is 10.2 Å². The summed E-state index contributed by atoms with van der Waals surface area (Å²) >= 11 is 0. The Labute approximate surface area is 108 Å². The van der Waals surface area contributed by atoms with Gasteiger partial charge in [0, 0.05) is 32.7 Å². The average molecular weight is 254 g/mol. The van der Waals surface area contributed by atoms with Gasteiger partial charge in [-0.3, -0.25) is 4.90 Å². The van der Waals surface area contributed by atoms with Crippen LogP contribution in [0.3, 0.4) is 0 Å². The number of nitrogens with one attached hydrogen (secondary N) is 1. The summed E-state index contributed by atoms with van der Waals surface area (Å²) in [6, 6.07) is 0.624. The highest BCUT2D eigenvalue weighted by atomic mass is 16.6. The van der Waals surface area contributed by atoms with Gasteiger partial charge in [0.15, 0.2) is 0 Å². The van der Waals surface area contributed by atoms with Gasteiger partial charge < -0.3 is 14.8 Å². The Bertz CT molecular complexity index is 379. The molecule has 0 amide bonds. The maximum absolute atomic E-state index is 12.5. The molecule has 1 N–H and O–H groups in total. The monoisotopic (exact) mass is 254 g/mol. The summed E-state index contributed by atoms with van der Waals surface area (Å²) in [5, 5.41) is 3.38. The molecule has 0 saturated carbocycles. The van der Waals surface area contributed by atoms with Crippen molar-refractivity contribution >= 4 is 5.97 Å². The smallest absolute Gasteiger partial charge is 0.328 e. The van der Waals surface area contributed by atoms with Crippen LogP contribution in [0.25, 0.3) is 0 Å². The van der Waals surface area contributed by atoms with E-state index in [1.165, 1.54) is 0 Å². The van der Waals surface area contributed by atoms with Gasteiger partial charge in [-0.05, 0) is 20.8 Å². The van der Waals surface area contributed by atoms with Crippen molar-refractivity contribution in [2.75, 3.05) is 20.2 Å². The van der Waals surface area contributed by atoms with Crippen molar-refractivity contribution in [1.29, 1.82) is 0 Å². The molecule has 3 saturated heterocycles. The molecule has 5 nitrogen and oxygen atoms in total. The topological polar surface area (TPSA) is 50.6 Å². The minimum atomic E-state index is -0.424. The van der Waals surface area contributed by atoms with Crippen LogP contribution < -0.4 is 5.32 Å². The molecule has 3 rings (SSSR count). The van der Waals surface area contributed by atoms with E-state index in [1.807, 2.05) is 20.8 Å². The third-order valence-corrected chi connectivity index (χ3v) is 4.33. The van der Waals surface area contributed by atoms with E-state index in [4.69, 9.17) is 9.47 Å². The Morgan fingerprint density at radius 2 is 2.11 bits per heavy atom. The summed E-state index contributed by atoms with van der Waals surface area (Å²) in [7, 11) is 1.73. The van der Waals surface area contributed by atoms with Gasteiger partial charge in [-0.1, -0.05) is 0 Å². The molecular weight excluding hydrogens is 232 g/mol. The van der Waals surface area contributed by atoms with Gasteiger partial charge in [0.25, 0.3) is 0 Å². The van der Waals surface area contributed by atoms with Crippen LogP contribution in [0, 0.1) is 0 Å². The maximum atomic E-state index is 12.5. The highest BCUT2D eigenvalue weighted by Crippen LogP contribution is 2.56. The van der Waals surface area contributed by atoms with Crippen molar-refractivity contribution in [2.45, 2.75) is 56.5 Å². The zero-order valence-corrected chi connectivity index (χ0v) is 11.5. The lowest BCUT2D eigenvalue weighted by atomic mass is 9.94. The predicted octanol–water partition coefficient (Wildman–Crippen LogP) is 0.142. The first-order chi connectivity index (χ1) is 8.40. The quantitative estimate of drug-likeness (QED) is 0.561. The molecule has 3 heterocycles. The number of nitrogens with zero attached hydrogens (tertiary/aromatic N) is 1. The Morgan fingerprint density at radius 3 is 2.72 bits per heavy atom. The average Bonchev–Trinajstić information content (AvgIpc) is 2.78. The second kappa shape index (κ2) is 3.68. The Morgan fingerprint density at radius 1 is 1.39 bits per heavy atom. The van der Waals surface area contributed by atoms with E-state index in [0.717, 1.165) is 19.5 Å². The van der Waals surface area contributed by atoms with Crippen LogP contribution in [0.5, 0.6) is 0 Å². The van der Waals surface area contributed by atoms with E-state index in [2.05, 4.69) is 10.2 Å². The number of piperazine rings is 1. The zero-order valence-electron chi connectivity index (χ0n) is 11.5. The predicted molar refractivity (Wildman–Crippen MR) is 66.3 cm³/mol. The van der Waals surface area contributed by atoms with Crippen LogP contribution >= 0.6 is 0 Å². The highest BCUT2D eigenvalue weighted by Gasteiger charge is 2.77. The molecule has 3 aliphatic heterocycles. The first-order valence-corrected chi connectivity index (χ1v) is 6.65. The first-order valence-electron chi connectivity index (χ1n) is 6.65. The fourth-order valence-electron chi connectivity index (χ4n) is 3.60. The molecule has 3 fully saturated rings. The van der Waals surface area contributed by atoms with E-state index in [9.17, 15) is 4.79 Å². The zero-order chi connectivity index (χ0) is 13.1. The van der Waals surface area contributed by atoms with Gasteiger partial charge in [-0.15, -0.1) is 0 Å².